The first-order chi connectivity index (χ1) is 13.0. The molecule has 1 aliphatic rings. The quantitative estimate of drug-likeness (QED) is 0.800. The van der Waals surface area contributed by atoms with Gasteiger partial charge in [-0.25, -0.2) is 0 Å². The van der Waals surface area contributed by atoms with E-state index in [1.807, 2.05) is 41.8 Å². The molecule has 0 spiro atoms. The minimum atomic E-state index is -0.0209. The normalized spacial score (nSPS) is 15.0. The highest BCUT2D eigenvalue weighted by Gasteiger charge is 2.24. The number of nitrogens with zero attached hydrogens (tertiary/aromatic N) is 1. The molecule has 1 saturated heterocycles. The van der Waals surface area contributed by atoms with Crippen LogP contribution in [-0.4, -0.2) is 37.5 Å². The van der Waals surface area contributed by atoms with E-state index in [1.165, 1.54) is 11.3 Å². The van der Waals surface area contributed by atoms with Crippen molar-refractivity contribution >= 4 is 28.8 Å². The standard InChI is InChI=1S/C21H27N3O2S/c1-15(2)14-22-20(25)17-6-3-4-7-18(17)24-11-9-16(10-12-24)23-21(26)19-8-5-13-27-19/h3-8,13,15-16H,9-12,14H2,1-2H3,(H,22,25)(H,23,26). The maximum Gasteiger partial charge on any atom is 0.261 e. The second-order valence-electron chi connectivity index (χ2n) is 7.33. The van der Waals surface area contributed by atoms with Crippen LogP contribution in [0.2, 0.25) is 0 Å². The van der Waals surface area contributed by atoms with Crippen molar-refractivity contribution in [1.29, 1.82) is 0 Å². The van der Waals surface area contributed by atoms with Crippen LogP contribution < -0.4 is 15.5 Å². The highest BCUT2D eigenvalue weighted by molar-refractivity contribution is 7.12. The fourth-order valence-electron chi connectivity index (χ4n) is 3.26. The second kappa shape index (κ2) is 9.04. The number of anilines is 1. The van der Waals surface area contributed by atoms with Gasteiger partial charge < -0.3 is 15.5 Å². The molecular formula is C21H27N3O2S. The van der Waals surface area contributed by atoms with Gasteiger partial charge in [-0.05, 0) is 42.3 Å². The number of nitrogens with one attached hydrogen (secondary N) is 2. The summed E-state index contributed by atoms with van der Waals surface area (Å²) in [5.74, 6) is 0.410. The number of rotatable bonds is 6. The molecule has 3 rings (SSSR count). The molecule has 2 aromatic rings. The highest BCUT2D eigenvalue weighted by atomic mass is 32.1. The molecule has 0 aliphatic carbocycles. The molecule has 0 saturated carbocycles. The van der Waals surface area contributed by atoms with Gasteiger partial charge >= 0.3 is 0 Å². The van der Waals surface area contributed by atoms with E-state index >= 15 is 0 Å². The number of hydrogen-bond acceptors (Lipinski definition) is 4. The Morgan fingerprint density at radius 3 is 2.52 bits per heavy atom. The smallest absolute Gasteiger partial charge is 0.261 e. The van der Waals surface area contributed by atoms with Gasteiger partial charge in [-0.15, -0.1) is 11.3 Å². The Bertz CT molecular complexity index is 765. The maximum atomic E-state index is 12.6. The Labute approximate surface area is 164 Å². The van der Waals surface area contributed by atoms with Gasteiger partial charge in [0.15, 0.2) is 0 Å². The molecule has 2 heterocycles. The minimum Gasteiger partial charge on any atom is -0.371 e. The molecule has 27 heavy (non-hydrogen) atoms. The van der Waals surface area contributed by atoms with Crippen molar-refractivity contribution in [3.8, 4) is 0 Å². The molecule has 0 atom stereocenters. The number of amides is 2. The summed E-state index contributed by atoms with van der Waals surface area (Å²) in [6.45, 7) is 6.49. The van der Waals surface area contributed by atoms with Gasteiger partial charge in [0.05, 0.1) is 10.4 Å². The average Bonchev–Trinajstić information content (AvgIpc) is 3.22. The summed E-state index contributed by atoms with van der Waals surface area (Å²) in [7, 11) is 0. The average molecular weight is 386 g/mol. The summed E-state index contributed by atoms with van der Waals surface area (Å²) in [5, 5.41) is 8.05. The van der Waals surface area contributed by atoms with Crippen LogP contribution in [0.5, 0.6) is 0 Å². The van der Waals surface area contributed by atoms with Gasteiger partial charge in [-0.1, -0.05) is 32.0 Å². The summed E-state index contributed by atoms with van der Waals surface area (Å²) < 4.78 is 0. The second-order valence-corrected chi connectivity index (χ2v) is 8.28. The van der Waals surface area contributed by atoms with E-state index in [4.69, 9.17) is 0 Å². The minimum absolute atomic E-state index is 0.0110. The number of carbonyl (C=O) groups excluding carboxylic acids is 2. The van der Waals surface area contributed by atoms with Gasteiger partial charge in [0.25, 0.3) is 11.8 Å². The van der Waals surface area contributed by atoms with Gasteiger partial charge in [0.1, 0.15) is 0 Å². The number of hydrogen-bond donors (Lipinski definition) is 2. The molecule has 2 amide bonds. The molecule has 2 N–H and O–H groups in total. The zero-order valence-electron chi connectivity index (χ0n) is 15.9. The van der Waals surface area contributed by atoms with E-state index in [9.17, 15) is 9.59 Å². The van der Waals surface area contributed by atoms with Crippen LogP contribution in [0, 0.1) is 5.92 Å². The first-order valence-corrected chi connectivity index (χ1v) is 10.4. The van der Waals surface area contributed by atoms with Crippen LogP contribution in [0.3, 0.4) is 0 Å². The SMILES string of the molecule is CC(C)CNC(=O)c1ccccc1N1CCC(NC(=O)c2cccs2)CC1. The topological polar surface area (TPSA) is 61.4 Å². The van der Waals surface area contributed by atoms with Crippen molar-refractivity contribution in [2.45, 2.75) is 32.7 Å². The third-order valence-electron chi connectivity index (χ3n) is 4.74. The molecular weight excluding hydrogens is 358 g/mol. The Hall–Kier alpha value is -2.34. The molecule has 0 bridgehead atoms. The summed E-state index contributed by atoms with van der Waals surface area (Å²) in [5.41, 5.74) is 1.70. The van der Waals surface area contributed by atoms with Crippen LogP contribution in [0.25, 0.3) is 0 Å². The largest absolute Gasteiger partial charge is 0.371 e. The van der Waals surface area contributed by atoms with Crippen LogP contribution in [0.1, 0.15) is 46.7 Å². The van der Waals surface area contributed by atoms with E-state index in [0.29, 0.717) is 12.5 Å². The van der Waals surface area contributed by atoms with Gasteiger partial charge in [-0.2, -0.15) is 0 Å². The fourth-order valence-corrected chi connectivity index (χ4v) is 3.89. The zero-order valence-corrected chi connectivity index (χ0v) is 16.7. The highest BCUT2D eigenvalue weighted by Crippen LogP contribution is 2.24. The molecule has 0 unspecified atom stereocenters. The maximum absolute atomic E-state index is 12.6. The van der Waals surface area contributed by atoms with Crippen LogP contribution in [0.15, 0.2) is 41.8 Å². The number of piperidine rings is 1. The van der Waals surface area contributed by atoms with Gasteiger partial charge in [0, 0.05) is 31.4 Å². The molecule has 6 heteroatoms. The number of benzene rings is 1. The Morgan fingerprint density at radius 1 is 1.11 bits per heavy atom. The molecule has 1 aromatic carbocycles. The molecule has 1 aliphatic heterocycles. The molecule has 1 fully saturated rings. The summed E-state index contributed by atoms with van der Waals surface area (Å²) >= 11 is 1.46. The lowest BCUT2D eigenvalue weighted by molar-refractivity contribution is 0.0933. The van der Waals surface area contributed by atoms with Crippen LogP contribution in [-0.2, 0) is 0 Å². The third kappa shape index (κ3) is 5.10. The van der Waals surface area contributed by atoms with Crippen LogP contribution in [0.4, 0.5) is 5.69 Å². The zero-order chi connectivity index (χ0) is 19.2. The Kier molecular flexibility index (Phi) is 6.50. The number of para-hydroxylation sites is 1. The van der Waals surface area contributed by atoms with E-state index in [-0.39, 0.29) is 17.9 Å². The molecule has 1 aromatic heterocycles. The van der Waals surface area contributed by atoms with Crippen molar-refractivity contribution in [1.82, 2.24) is 10.6 Å². The number of thiophene rings is 1. The monoisotopic (exact) mass is 385 g/mol. The van der Waals surface area contributed by atoms with Crippen molar-refractivity contribution in [2.75, 3.05) is 24.5 Å². The fraction of sp³-hybridized carbons (Fsp3) is 0.429. The summed E-state index contributed by atoms with van der Waals surface area (Å²) in [6.07, 6.45) is 1.75. The van der Waals surface area contributed by atoms with Crippen molar-refractivity contribution in [2.24, 2.45) is 5.92 Å². The van der Waals surface area contributed by atoms with Crippen molar-refractivity contribution in [3.05, 3.63) is 52.2 Å². The first kappa shape index (κ1) is 19.4. The first-order valence-electron chi connectivity index (χ1n) is 9.51. The lowest BCUT2D eigenvalue weighted by atomic mass is 10.0. The molecule has 0 radical (unpaired) electrons. The van der Waals surface area contributed by atoms with E-state index < -0.39 is 0 Å². The van der Waals surface area contributed by atoms with Crippen LogP contribution >= 0.6 is 11.3 Å². The predicted molar refractivity (Wildman–Crippen MR) is 111 cm³/mol. The summed E-state index contributed by atoms with van der Waals surface area (Å²) in [6, 6.07) is 11.7. The third-order valence-corrected chi connectivity index (χ3v) is 5.60. The Morgan fingerprint density at radius 2 is 1.85 bits per heavy atom. The predicted octanol–water partition coefficient (Wildman–Crippen LogP) is 3.53. The lowest BCUT2D eigenvalue weighted by Gasteiger charge is -2.34. The van der Waals surface area contributed by atoms with E-state index in [1.54, 1.807) is 0 Å². The summed E-state index contributed by atoms with van der Waals surface area (Å²) in [4.78, 5) is 27.8. The van der Waals surface area contributed by atoms with Gasteiger partial charge in [-0.3, -0.25) is 9.59 Å². The van der Waals surface area contributed by atoms with Crippen molar-refractivity contribution in [3.63, 3.8) is 0 Å². The lowest BCUT2D eigenvalue weighted by Crippen LogP contribution is -2.45. The van der Waals surface area contributed by atoms with Crippen molar-refractivity contribution < 1.29 is 9.59 Å². The molecule has 5 nitrogen and oxygen atoms in total. The Balaban J connectivity index is 1.59. The molecule has 144 valence electrons. The van der Waals surface area contributed by atoms with E-state index in [2.05, 4.69) is 29.4 Å². The van der Waals surface area contributed by atoms with Gasteiger partial charge in [0.2, 0.25) is 0 Å². The number of carbonyl (C=O) groups is 2. The van der Waals surface area contributed by atoms with E-state index in [0.717, 1.165) is 42.1 Å².